The summed E-state index contributed by atoms with van der Waals surface area (Å²) < 4.78 is 0. The average Bonchev–Trinajstić information content (AvgIpc) is 2.07. The van der Waals surface area contributed by atoms with Crippen molar-refractivity contribution in [3.8, 4) is 0 Å². The van der Waals surface area contributed by atoms with Crippen LogP contribution in [0, 0.1) is 0 Å². The van der Waals surface area contributed by atoms with Crippen LogP contribution in [0.4, 0.5) is 0 Å². The maximum atomic E-state index is 9.27. The van der Waals surface area contributed by atoms with E-state index in [0.29, 0.717) is 0 Å². The third kappa shape index (κ3) is 1.88. The highest BCUT2D eigenvalue weighted by molar-refractivity contribution is 5.24. The molecular weight excluding hydrogens is 148 g/mol. The number of hydrogen-bond donors (Lipinski definition) is 1. The molecule has 1 heteroatoms. The van der Waals surface area contributed by atoms with Crippen molar-refractivity contribution >= 4 is 0 Å². The van der Waals surface area contributed by atoms with Gasteiger partial charge >= 0.3 is 0 Å². The van der Waals surface area contributed by atoms with Crippen LogP contribution >= 0.6 is 0 Å². The molecule has 1 rings (SSSR count). The van der Waals surface area contributed by atoms with Crippen molar-refractivity contribution in [3.05, 3.63) is 48.2 Å². The lowest BCUT2D eigenvalue weighted by Crippen LogP contribution is -1.99. The predicted molar refractivity (Wildman–Crippen MR) is 51.2 cm³/mol. The average molecular weight is 162 g/mol. The van der Waals surface area contributed by atoms with E-state index in [1.54, 1.807) is 0 Å². The monoisotopic (exact) mass is 162 g/mol. The highest BCUT2D eigenvalue weighted by Gasteiger charge is 2.10. The van der Waals surface area contributed by atoms with Gasteiger partial charge < -0.3 is 5.11 Å². The summed E-state index contributed by atoms with van der Waals surface area (Å²) in [5.74, 6) is 0.342. The van der Waals surface area contributed by atoms with Crippen molar-refractivity contribution in [2.24, 2.45) is 0 Å². The van der Waals surface area contributed by atoms with Gasteiger partial charge in [-0.2, -0.15) is 0 Å². The van der Waals surface area contributed by atoms with Gasteiger partial charge in [0.2, 0.25) is 0 Å². The number of allylic oxidation sites excluding steroid dienone is 1. The summed E-state index contributed by atoms with van der Waals surface area (Å²) in [6.45, 7) is 5.60. The van der Waals surface area contributed by atoms with Gasteiger partial charge in [0.25, 0.3) is 0 Å². The molecule has 0 aliphatic rings. The van der Waals surface area contributed by atoms with Crippen LogP contribution in [0.2, 0.25) is 0 Å². The lowest BCUT2D eigenvalue weighted by molar-refractivity contribution is 0.366. The Morgan fingerprint density at radius 1 is 1.42 bits per heavy atom. The molecule has 0 bridgehead atoms. The lowest BCUT2D eigenvalue weighted by Gasteiger charge is -2.12. The molecular formula is C11H14O. The highest BCUT2D eigenvalue weighted by Crippen LogP contribution is 2.24. The van der Waals surface area contributed by atoms with E-state index < -0.39 is 0 Å². The van der Waals surface area contributed by atoms with Crippen LogP contribution in [-0.2, 0) is 0 Å². The molecule has 1 aromatic carbocycles. The third-order valence-electron chi connectivity index (χ3n) is 2.01. The smallest absolute Gasteiger partial charge is 0.0925 e. The standard InChI is InChI=1S/C11H14O/c1-3-11(9(2)12)10-7-5-4-6-8-10/h4-8,11-12H,2-3H2,1H3/t11-/m1/s1. The predicted octanol–water partition coefficient (Wildman–Crippen LogP) is 3.25. The van der Waals surface area contributed by atoms with Crippen molar-refractivity contribution in [1.29, 1.82) is 0 Å². The molecule has 0 aromatic heterocycles. The topological polar surface area (TPSA) is 20.2 Å². The molecule has 1 aromatic rings. The van der Waals surface area contributed by atoms with Gasteiger partial charge in [0.05, 0.1) is 5.76 Å². The Morgan fingerprint density at radius 3 is 2.42 bits per heavy atom. The second-order valence-electron chi connectivity index (χ2n) is 2.86. The quantitative estimate of drug-likeness (QED) is 0.676. The molecule has 0 radical (unpaired) electrons. The van der Waals surface area contributed by atoms with Crippen LogP contribution in [0.5, 0.6) is 0 Å². The highest BCUT2D eigenvalue weighted by atomic mass is 16.3. The van der Waals surface area contributed by atoms with Crippen LogP contribution in [0.1, 0.15) is 24.8 Å². The number of rotatable bonds is 3. The Balaban J connectivity index is 2.88. The number of benzene rings is 1. The van der Waals surface area contributed by atoms with Crippen molar-refractivity contribution in [2.45, 2.75) is 19.3 Å². The van der Waals surface area contributed by atoms with E-state index >= 15 is 0 Å². The van der Waals surface area contributed by atoms with E-state index in [1.165, 1.54) is 0 Å². The molecule has 12 heavy (non-hydrogen) atoms. The molecule has 64 valence electrons. The second-order valence-corrected chi connectivity index (χ2v) is 2.86. The summed E-state index contributed by atoms with van der Waals surface area (Å²) in [7, 11) is 0. The summed E-state index contributed by atoms with van der Waals surface area (Å²) >= 11 is 0. The number of aliphatic hydroxyl groups is 1. The van der Waals surface area contributed by atoms with Gasteiger partial charge in [-0.25, -0.2) is 0 Å². The maximum Gasteiger partial charge on any atom is 0.0925 e. The fourth-order valence-corrected chi connectivity index (χ4v) is 1.35. The molecule has 1 atom stereocenters. The summed E-state index contributed by atoms with van der Waals surface area (Å²) in [5.41, 5.74) is 1.13. The molecule has 1 N–H and O–H groups in total. The zero-order valence-electron chi connectivity index (χ0n) is 7.33. The SMILES string of the molecule is C=C(O)[C@@H](CC)c1ccccc1. The molecule has 0 unspecified atom stereocenters. The van der Waals surface area contributed by atoms with E-state index in [-0.39, 0.29) is 11.7 Å². The normalized spacial score (nSPS) is 12.4. The number of aliphatic hydroxyl groups excluding tert-OH is 1. The maximum absolute atomic E-state index is 9.27. The van der Waals surface area contributed by atoms with Gasteiger partial charge in [-0.1, -0.05) is 43.8 Å². The zero-order valence-corrected chi connectivity index (χ0v) is 7.33. The number of hydrogen-bond acceptors (Lipinski definition) is 1. The van der Waals surface area contributed by atoms with E-state index in [9.17, 15) is 5.11 Å². The van der Waals surface area contributed by atoms with Crippen molar-refractivity contribution < 1.29 is 5.11 Å². The third-order valence-corrected chi connectivity index (χ3v) is 2.01. The summed E-state index contributed by atoms with van der Waals surface area (Å²) in [5, 5.41) is 9.27. The van der Waals surface area contributed by atoms with Crippen LogP contribution in [0.15, 0.2) is 42.7 Å². The first kappa shape index (κ1) is 8.85. The lowest BCUT2D eigenvalue weighted by atomic mass is 9.95. The fourth-order valence-electron chi connectivity index (χ4n) is 1.35. The first-order valence-electron chi connectivity index (χ1n) is 4.18. The van der Waals surface area contributed by atoms with Crippen LogP contribution in [0.3, 0.4) is 0 Å². The summed E-state index contributed by atoms with van der Waals surface area (Å²) in [6.07, 6.45) is 0.888. The van der Waals surface area contributed by atoms with E-state index in [4.69, 9.17) is 0 Å². The van der Waals surface area contributed by atoms with Gasteiger partial charge in [-0.15, -0.1) is 0 Å². The molecule has 0 fully saturated rings. The zero-order chi connectivity index (χ0) is 8.97. The van der Waals surface area contributed by atoms with Crippen molar-refractivity contribution in [1.82, 2.24) is 0 Å². The molecule has 1 nitrogen and oxygen atoms in total. The van der Waals surface area contributed by atoms with E-state index in [1.807, 2.05) is 37.3 Å². The van der Waals surface area contributed by atoms with E-state index in [0.717, 1.165) is 12.0 Å². The Kier molecular flexibility index (Phi) is 2.92. The van der Waals surface area contributed by atoms with Gasteiger partial charge in [-0.3, -0.25) is 0 Å². The Labute approximate surface area is 73.4 Å². The molecule has 0 aliphatic heterocycles. The molecule has 0 saturated heterocycles. The Hall–Kier alpha value is -1.24. The van der Waals surface area contributed by atoms with Gasteiger partial charge in [0.15, 0.2) is 0 Å². The van der Waals surface area contributed by atoms with Gasteiger partial charge in [-0.05, 0) is 12.0 Å². The van der Waals surface area contributed by atoms with Crippen molar-refractivity contribution in [3.63, 3.8) is 0 Å². The van der Waals surface area contributed by atoms with Gasteiger partial charge in [0.1, 0.15) is 0 Å². The Morgan fingerprint density at radius 2 is 2.00 bits per heavy atom. The van der Waals surface area contributed by atoms with Crippen LogP contribution in [0.25, 0.3) is 0 Å². The summed E-state index contributed by atoms with van der Waals surface area (Å²) in [4.78, 5) is 0. The first-order chi connectivity index (χ1) is 5.75. The van der Waals surface area contributed by atoms with Crippen LogP contribution < -0.4 is 0 Å². The molecule has 0 amide bonds. The molecule has 0 heterocycles. The minimum atomic E-state index is 0.0891. The van der Waals surface area contributed by atoms with E-state index in [2.05, 4.69) is 6.58 Å². The first-order valence-corrected chi connectivity index (χ1v) is 4.18. The van der Waals surface area contributed by atoms with Crippen LogP contribution in [-0.4, -0.2) is 5.11 Å². The molecule has 0 saturated carbocycles. The minimum absolute atomic E-state index is 0.0891. The molecule has 0 spiro atoms. The fraction of sp³-hybridized carbons (Fsp3) is 0.273. The summed E-state index contributed by atoms with van der Waals surface area (Å²) in [6, 6.07) is 9.93. The minimum Gasteiger partial charge on any atom is -0.512 e. The van der Waals surface area contributed by atoms with Crippen molar-refractivity contribution in [2.75, 3.05) is 0 Å². The molecule has 0 aliphatic carbocycles. The largest absolute Gasteiger partial charge is 0.512 e. The second kappa shape index (κ2) is 3.96. The van der Waals surface area contributed by atoms with Gasteiger partial charge in [0, 0.05) is 5.92 Å². The Bertz CT molecular complexity index is 251.